The highest BCUT2D eigenvalue weighted by atomic mass is 32.2. The first-order valence-corrected chi connectivity index (χ1v) is 10.1. The summed E-state index contributed by atoms with van der Waals surface area (Å²) in [5.41, 5.74) is 0.781. The molecular weight excluding hydrogens is 360 g/mol. The van der Waals surface area contributed by atoms with Crippen LogP contribution in [0.4, 0.5) is 10.8 Å². The lowest BCUT2D eigenvalue weighted by atomic mass is 9.96. The molecule has 0 bridgehead atoms. The summed E-state index contributed by atoms with van der Waals surface area (Å²) >= 11 is 0.813. The zero-order chi connectivity index (χ0) is 18.8. The molecule has 0 aliphatic heterocycles. The lowest BCUT2D eigenvalue weighted by molar-refractivity contribution is -0.123. The molecule has 1 heterocycles. The van der Waals surface area contributed by atoms with E-state index in [1.807, 2.05) is 26.0 Å². The van der Waals surface area contributed by atoms with E-state index in [9.17, 15) is 13.2 Å². The fraction of sp³-hybridized carbons (Fsp3) is 0.438. The molecule has 1 aromatic carbocycles. The van der Waals surface area contributed by atoms with Gasteiger partial charge in [-0.3, -0.25) is 9.52 Å². The molecule has 2 rings (SSSR count). The lowest BCUT2D eigenvalue weighted by Crippen LogP contribution is -2.27. The fourth-order valence-corrected chi connectivity index (χ4v) is 3.92. The van der Waals surface area contributed by atoms with Crippen LogP contribution in [0, 0.1) is 5.41 Å². The zero-order valence-electron chi connectivity index (χ0n) is 14.8. The van der Waals surface area contributed by atoms with Gasteiger partial charge in [-0.15, -0.1) is 10.2 Å². The third-order valence-corrected chi connectivity index (χ3v) is 5.94. The van der Waals surface area contributed by atoms with Crippen LogP contribution in [0.5, 0.6) is 0 Å². The molecular formula is C16H22N4O3S2. The minimum absolute atomic E-state index is 0.150. The van der Waals surface area contributed by atoms with E-state index in [-0.39, 0.29) is 21.3 Å². The highest BCUT2D eigenvalue weighted by Crippen LogP contribution is 2.28. The first kappa shape index (κ1) is 19.3. The number of nitrogens with one attached hydrogen (secondary N) is 2. The van der Waals surface area contributed by atoms with Crippen molar-refractivity contribution in [1.29, 1.82) is 0 Å². The van der Waals surface area contributed by atoms with Crippen molar-refractivity contribution in [2.45, 2.75) is 44.9 Å². The summed E-state index contributed by atoms with van der Waals surface area (Å²) in [5.74, 6) is -0.0966. The molecule has 0 spiro atoms. The highest BCUT2D eigenvalue weighted by molar-refractivity contribution is 7.94. The first-order valence-electron chi connectivity index (χ1n) is 7.77. The summed E-state index contributed by atoms with van der Waals surface area (Å²) in [4.78, 5) is 12.0. The van der Waals surface area contributed by atoms with Crippen LogP contribution < -0.4 is 10.0 Å². The van der Waals surface area contributed by atoms with Gasteiger partial charge in [0, 0.05) is 5.41 Å². The molecule has 1 amide bonds. The Bertz CT molecular complexity index is 868. The maximum Gasteiger partial charge on any atom is 0.291 e. The summed E-state index contributed by atoms with van der Waals surface area (Å²) in [5, 5.41) is 10.2. The van der Waals surface area contributed by atoms with Crippen LogP contribution in [0.1, 0.15) is 46.1 Å². The van der Waals surface area contributed by atoms with Gasteiger partial charge in [-0.2, -0.15) is 8.42 Å². The number of anilines is 2. The van der Waals surface area contributed by atoms with Crippen molar-refractivity contribution in [1.82, 2.24) is 10.2 Å². The van der Waals surface area contributed by atoms with E-state index in [0.29, 0.717) is 5.69 Å². The molecule has 136 valence electrons. The van der Waals surface area contributed by atoms with Crippen molar-refractivity contribution < 1.29 is 13.2 Å². The van der Waals surface area contributed by atoms with Crippen molar-refractivity contribution in [3.8, 4) is 0 Å². The lowest BCUT2D eigenvalue weighted by Gasteiger charge is -2.15. The van der Waals surface area contributed by atoms with E-state index in [0.717, 1.165) is 16.9 Å². The van der Waals surface area contributed by atoms with Crippen LogP contribution >= 0.6 is 11.3 Å². The Kier molecular flexibility index (Phi) is 5.48. The Morgan fingerprint density at radius 1 is 1.16 bits per heavy atom. The van der Waals surface area contributed by atoms with Crippen molar-refractivity contribution in [2.75, 3.05) is 10.0 Å². The third kappa shape index (κ3) is 4.76. The molecule has 25 heavy (non-hydrogen) atoms. The number of rotatable bonds is 5. The summed E-state index contributed by atoms with van der Waals surface area (Å²) in [6.07, 6.45) is 0. The summed E-state index contributed by atoms with van der Waals surface area (Å²) in [6, 6.07) is 7.20. The minimum atomic E-state index is -3.88. The molecule has 7 nitrogen and oxygen atoms in total. The molecule has 0 aliphatic rings. The zero-order valence-corrected chi connectivity index (χ0v) is 16.5. The molecule has 0 unspecified atom stereocenters. The highest BCUT2D eigenvalue weighted by Gasteiger charge is 2.25. The first-order chi connectivity index (χ1) is 11.5. The van der Waals surface area contributed by atoms with E-state index in [1.165, 1.54) is 0 Å². The number of benzene rings is 1. The van der Waals surface area contributed by atoms with Crippen molar-refractivity contribution in [3.63, 3.8) is 0 Å². The predicted octanol–water partition coefficient (Wildman–Crippen LogP) is 3.45. The number of hydrogen-bond donors (Lipinski definition) is 2. The maximum absolute atomic E-state index is 12.6. The Morgan fingerprint density at radius 2 is 1.80 bits per heavy atom. The van der Waals surface area contributed by atoms with E-state index in [1.54, 1.807) is 32.9 Å². The summed E-state index contributed by atoms with van der Waals surface area (Å²) < 4.78 is 27.5. The number of nitrogens with zero attached hydrogens (tertiary/aromatic N) is 2. The number of aromatic nitrogens is 2. The van der Waals surface area contributed by atoms with Gasteiger partial charge in [0.25, 0.3) is 14.4 Å². The van der Waals surface area contributed by atoms with Crippen LogP contribution in [0.15, 0.2) is 28.6 Å². The molecule has 0 aliphatic carbocycles. The largest absolute Gasteiger partial charge is 0.300 e. The van der Waals surface area contributed by atoms with Gasteiger partial charge in [-0.1, -0.05) is 64.2 Å². The molecule has 2 aromatic rings. The number of amides is 1. The number of carbonyl (C=O) groups is 1. The molecule has 0 saturated heterocycles. The summed E-state index contributed by atoms with van der Waals surface area (Å²) in [6.45, 7) is 9.23. The fourth-order valence-electron chi connectivity index (χ4n) is 1.94. The van der Waals surface area contributed by atoms with Crippen molar-refractivity contribution >= 4 is 38.1 Å². The average molecular weight is 383 g/mol. The third-order valence-electron chi connectivity index (χ3n) is 3.37. The van der Waals surface area contributed by atoms with Gasteiger partial charge in [-0.25, -0.2) is 0 Å². The van der Waals surface area contributed by atoms with Gasteiger partial charge in [0.05, 0.1) is 5.69 Å². The SMILES string of the molecule is CC(C)c1ccccc1NS(=O)(=O)c1nnc(NC(=O)C(C)(C)C)s1. The second-order valence-corrected chi connectivity index (χ2v) is 9.76. The van der Waals surface area contributed by atoms with E-state index in [2.05, 4.69) is 20.2 Å². The quantitative estimate of drug-likeness (QED) is 0.771. The Morgan fingerprint density at radius 3 is 2.40 bits per heavy atom. The van der Waals surface area contributed by atoms with Gasteiger partial charge in [0.15, 0.2) is 0 Å². The number of para-hydroxylation sites is 1. The normalized spacial score (nSPS) is 12.2. The van der Waals surface area contributed by atoms with Gasteiger partial charge in [0.1, 0.15) is 0 Å². The summed E-state index contributed by atoms with van der Waals surface area (Å²) in [7, 11) is -3.88. The molecule has 0 fully saturated rings. The second-order valence-electron chi connectivity index (χ2n) is 6.92. The second kappa shape index (κ2) is 7.09. The number of carbonyl (C=O) groups excluding carboxylic acids is 1. The van der Waals surface area contributed by atoms with E-state index in [4.69, 9.17) is 0 Å². The standard InChI is InChI=1S/C16H22N4O3S2/c1-10(2)11-8-6-7-9-12(11)20-25(22,23)15-19-18-14(24-15)17-13(21)16(3,4)5/h6-10,20H,1-5H3,(H,17,18,21). The molecule has 2 N–H and O–H groups in total. The van der Waals surface area contributed by atoms with Crippen molar-refractivity contribution in [2.24, 2.45) is 5.41 Å². The van der Waals surface area contributed by atoms with Crippen LogP contribution in [-0.2, 0) is 14.8 Å². The minimum Gasteiger partial charge on any atom is -0.300 e. The van der Waals surface area contributed by atoms with Crippen molar-refractivity contribution in [3.05, 3.63) is 29.8 Å². The van der Waals surface area contributed by atoms with Gasteiger partial charge in [-0.05, 0) is 17.5 Å². The average Bonchev–Trinajstić information content (AvgIpc) is 2.95. The van der Waals surface area contributed by atoms with E-state index >= 15 is 0 Å². The van der Waals surface area contributed by atoms with Crippen LogP contribution in [0.3, 0.4) is 0 Å². The topological polar surface area (TPSA) is 101 Å². The van der Waals surface area contributed by atoms with Crippen LogP contribution in [-0.4, -0.2) is 24.5 Å². The monoisotopic (exact) mass is 382 g/mol. The number of sulfonamides is 1. The number of hydrogen-bond acceptors (Lipinski definition) is 6. The predicted molar refractivity (Wildman–Crippen MR) is 99.3 cm³/mol. The molecule has 0 atom stereocenters. The maximum atomic E-state index is 12.6. The smallest absolute Gasteiger partial charge is 0.291 e. The molecule has 0 radical (unpaired) electrons. The van der Waals surface area contributed by atoms with Gasteiger partial charge >= 0.3 is 0 Å². The van der Waals surface area contributed by atoms with E-state index < -0.39 is 15.4 Å². The Labute approximate surface area is 151 Å². The van der Waals surface area contributed by atoms with Crippen LogP contribution in [0.2, 0.25) is 0 Å². The Hall–Kier alpha value is -2.00. The molecule has 0 saturated carbocycles. The molecule has 9 heteroatoms. The molecule has 1 aromatic heterocycles. The van der Waals surface area contributed by atoms with Gasteiger partial charge in [0.2, 0.25) is 11.0 Å². The van der Waals surface area contributed by atoms with Crippen LogP contribution in [0.25, 0.3) is 0 Å². The Balaban J connectivity index is 2.23. The van der Waals surface area contributed by atoms with Gasteiger partial charge < -0.3 is 5.32 Å².